The van der Waals surface area contributed by atoms with Crippen molar-refractivity contribution in [3.63, 3.8) is 0 Å². The lowest BCUT2D eigenvalue weighted by molar-refractivity contribution is -0.116. The molecule has 0 spiro atoms. The maximum atomic E-state index is 11.7. The Morgan fingerprint density at radius 1 is 1.36 bits per heavy atom. The van der Waals surface area contributed by atoms with Crippen molar-refractivity contribution in [3.8, 4) is 11.3 Å². The largest absolute Gasteiger partial charge is 0.325 e. The fraction of sp³-hybridized carbons (Fsp3) is 0.412. The number of hydrogen-bond donors (Lipinski definition) is 1. The highest BCUT2D eigenvalue weighted by Crippen LogP contribution is 2.31. The molecule has 5 nitrogen and oxygen atoms in total. The van der Waals surface area contributed by atoms with Crippen LogP contribution in [0.15, 0.2) is 24.3 Å². The van der Waals surface area contributed by atoms with Gasteiger partial charge in [0.25, 0.3) is 0 Å². The SMILES string of the molecule is CCn1nc(-c2ccc3c(c2)CCCN3C(C)=O)cc1CN. The van der Waals surface area contributed by atoms with Crippen molar-refractivity contribution in [1.29, 1.82) is 0 Å². The molecule has 2 heterocycles. The van der Waals surface area contributed by atoms with Crippen LogP contribution in [-0.2, 0) is 24.3 Å². The van der Waals surface area contributed by atoms with Crippen LogP contribution in [-0.4, -0.2) is 22.2 Å². The number of carbonyl (C=O) groups is 1. The monoisotopic (exact) mass is 298 g/mol. The zero-order valence-corrected chi connectivity index (χ0v) is 13.2. The summed E-state index contributed by atoms with van der Waals surface area (Å²) in [6.07, 6.45) is 2.01. The number of fused-ring (bicyclic) bond motifs is 1. The number of aromatic nitrogens is 2. The Kier molecular flexibility index (Phi) is 3.98. The second kappa shape index (κ2) is 5.93. The Balaban J connectivity index is 2.00. The smallest absolute Gasteiger partial charge is 0.223 e. The fourth-order valence-electron chi connectivity index (χ4n) is 3.12. The van der Waals surface area contributed by atoms with Crippen LogP contribution in [0.4, 0.5) is 5.69 Å². The summed E-state index contributed by atoms with van der Waals surface area (Å²) in [5.74, 6) is 0.106. The molecule has 1 aromatic heterocycles. The van der Waals surface area contributed by atoms with E-state index in [9.17, 15) is 4.79 Å². The number of carbonyl (C=O) groups excluding carboxylic acids is 1. The minimum atomic E-state index is 0.106. The summed E-state index contributed by atoms with van der Waals surface area (Å²) < 4.78 is 1.94. The predicted octanol–water partition coefficient (Wildman–Crippen LogP) is 2.33. The zero-order valence-electron chi connectivity index (χ0n) is 13.2. The summed E-state index contributed by atoms with van der Waals surface area (Å²) in [4.78, 5) is 13.6. The van der Waals surface area contributed by atoms with Gasteiger partial charge >= 0.3 is 0 Å². The van der Waals surface area contributed by atoms with Gasteiger partial charge in [-0.25, -0.2) is 0 Å². The van der Waals surface area contributed by atoms with E-state index in [-0.39, 0.29) is 5.91 Å². The van der Waals surface area contributed by atoms with E-state index in [2.05, 4.69) is 24.2 Å². The topological polar surface area (TPSA) is 64.2 Å². The number of hydrogen-bond acceptors (Lipinski definition) is 3. The fourth-order valence-corrected chi connectivity index (χ4v) is 3.12. The maximum absolute atomic E-state index is 11.7. The number of benzene rings is 1. The normalized spacial score (nSPS) is 14.0. The summed E-state index contributed by atoms with van der Waals surface area (Å²) in [5, 5.41) is 4.63. The first-order chi connectivity index (χ1) is 10.6. The Hall–Kier alpha value is -2.14. The van der Waals surface area contributed by atoms with E-state index >= 15 is 0 Å². The van der Waals surface area contributed by atoms with E-state index in [0.717, 1.165) is 48.6 Å². The number of nitrogens with two attached hydrogens (primary N) is 1. The first kappa shape index (κ1) is 14.8. The van der Waals surface area contributed by atoms with Crippen molar-refractivity contribution in [3.05, 3.63) is 35.5 Å². The van der Waals surface area contributed by atoms with Crippen LogP contribution in [0, 0.1) is 0 Å². The quantitative estimate of drug-likeness (QED) is 0.946. The number of nitrogens with zero attached hydrogens (tertiary/aromatic N) is 3. The number of rotatable bonds is 3. The number of aryl methyl sites for hydroxylation is 2. The summed E-state index contributed by atoms with van der Waals surface area (Å²) >= 11 is 0. The van der Waals surface area contributed by atoms with E-state index in [4.69, 9.17) is 5.73 Å². The predicted molar refractivity (Wildman–Crippen MR) is 87.6 cm³/mol. The van der Waals surface area contributed by atoms with Gasteiger partial charge in [0.2, 0.25) is 5.91 Å². The highest BCUT2D eigenvalue weighted by atomic mass is 16.2. The molecule has 0 fully saturated rings. The molecular formula is C17H22N4O. The van der Waals surface area contributed by atoms with Crippen LogP contribution in [0.3, 0.4) is 0 Å². The van der Waals surface area contributed by atoms with Gasteiger partial charge in [-0.15, -0.1) is 0 Å². The molecule has 1 aliphatic heterocycles. The minimum Gasteiger partial charge on any atom is -0.325 e. The molecule has 0 unspecified atom stereocenters. The third kappa shape index (κ3) is 2.52. The molecule has 0 saturated carbocycles. The molecule has 5 heteroatoms. The molecule has 0 saturated heterocycles. The van der Waals surface area contributed by atoms with Gasteiger partial charge in [-0.3, -0.25) is 9.48 Å². The second-order valence-electron chi connectivity index (χ2n) is 5.66. The average Bonchev–Trinajstić information content (AvgIpc) is 2.97. The number of anilines is 1. The van der Waals surface area contributed by atoms with Gasteiger partial charge in [0.1, 0.15) is 0 Å². The van der Waals surface area contributed by atoms with Crippen molar-refractivity contribution in [2.24, 2.45) is 5.73 Å². The molecule has 0 bridgehead atoms. The van der Waals surface area contributed by atoms with Gasteiger partial charge in [0.05, 0.1) is 11.4 Å². The van der Waals surface area contributed by atoms with E-state index < -0.39 is 0 Å². The van der Waals surface area contributed by atoms with Crippen LogP contribution in [0.1, 0.15) is 31.5 Å². The molecule has 0 aliphatic carbocycles. The van der Waals surface area contributed by atoms with Crippen LogP contribution in [0.2, 0.25) is 0 Å². The molecule has 0 atom stereocenters. The molecule has 0 radical (unpaired) electrons. The van der Waals surface area contributed by atoms with E-state index in [1.165, 1.54) is 5.56 Å². The summed E-state index contributed by atoms with van der Waals surface area (Å²) in [6.45, 7) is 5.80. The Morgan fingerprint density at radius 3 is 2.82 bits per heavy atom. The molecule has 2 aromatic rings. The minimum absolute atomic E-state index is 0.106. The third-order valence-electron chi connectivity index (χ3n) is 4.25. The molecule has 1 amide bonds. The average molecular weight is 298 g/mol. The van der Waals surface area contributed by atoms with Crippen LogP contribution in [0.5, 0.6) is 0 Å². The summed E-state index contributed by atoms with van der Waals surface area (Å²) in [7, 11) is 0. The van der Waals surface area contributed by atoms with Crippen molar-refractivity contribution >= 4 is 11.6 Å². The Labute approximate surface area is 130 Å². The maximum Gasteiger partial charge on any atom is 0.223 e. The van der Waals surface area contributed by atoms with Crippen molar-refractivity contribution in [2.75, 3.05) is 11.4 Å². The third-order valence-corrected chi connectivity index (χ3v) is 4.25. The highest BCUT2D eigenvalue weighted by Gasteiger charge is 2.20. The molecular weight excluding hydrogens is 276 g/mol. The molecule has 1 aromatic carbocycles. The van der Waals surface area contributed by atoms with Crippen molar-refractivity contribution in [1.82, 2.24) is 9.78 Å². The first-order valence-electron chi connectivity index (χ1n) is 7.82. The second-order valence-corrected chi connectivity index (χ2v) is 5.66. The van der Waals surface area contributed by atoms with Gasteiger partial charge in [0, 0.05) is 37.8 Å². The zero-order chi connectivity index (χ0) is 15.7. The van der Waals surface area contributed by atoms with E-state index in [0.29, 0.717) is 6.54 Å². The van der Waals surface area contributed by atoms with Crippen molar-refractivity contribution in [2.45, 2.75) is 39.8 Å². The van der Waals surface area contributed by atoms with Gasteiger partial charge in [0.15, 0.2) is 0 Å². The molecule has 22 heavy (non-hydrogen) atoms. The molecule has 1 aliphatic rings. The van der Waals surface area contributed by atoms with Gasteiger partial charge in [-0.1, -0.05) is 6.07 Å². The van der Waals surface area contributed by atoms with Crippen LogP contribution in [0.25, 0.3) is 11.3 Å². The van der Waals surface area contributed by atoms with Crippen molar-refractivity contribution < 1.29 is 4.79 Å². The molecule has 2 N–H and O–H groups in total. The van der Waals surface area contributed by atoms with E-state index in [1.54, 1.807) is 6.92 Å². The molecule has 3 rings (SSSR count). The van der Waals surface area contributed by atoms with Gasteiger partial charge < -0.3 is 10.6 Å². The highest BCUT2D eigenvalue weighted by molar-refractivity contribution is 5.93. The lowest BCUT2D eigenvalue weighted by atomic mass is 9.98. The summed E-state index contributed by atoms with van der Waals surface area (Å²) in [6, 6.07) is 8.30. The van der Waals surface area contributed by atoms with Gasteiger partial charge in [-0.05, 0) is 43.5 Å². The molecule has 116 valence electrons. The standard InChI is InChI=1S/C17H22N4O/c1-3-21-15(11-18)10-16(19-21)13-6-7-17-14(9-13)5-4-8-20(17)12(2)22/h6-7,9-10H,3-5,8,11,18H2,1-2H3. The lowest BCUT2D eigenvalue weighted by Gasteiger charge is -2.28. The lowest BCUT2D eigenvalue weighted by Crippen LogP contribution is -2.33. The Bertz CT molecular complexity index is 683. The van der Waals surface area contributed by atoms with Gasteiger partial charge in [-0.2, -0.15) is 5.10 Å². The number of amides is 1. The Morgan fingerprint density at radius 2 is 2.18 bits per heavy atom. The summed E-state index contributed by atoms with van der Waals surface area (Å²) in [5.41, 5.74) is 11.1. The van der Waals surface area contributed by atoms with Crippen LogP contribution >= 0.6 is 0 Å². The van der Waals surface area contributed by atoms with Crippen LogP contribution < -0.4 is 10.6 Å². The van der Waals surface area contributed by atoms with E-state index in [1.807, 2.05) is 21.7 Å². The first-order valence-corrected chi connectivity index (χ1v) is 7.82.